The lowest BCUT2D eigenvalue weighted by Gasteiger charge is -2.38. The lowest BCUT2D eigenvalue weighted by atomic mass is 10.2. The van der Waals surface area contributed by atoms with Crippen LogP contribution < -0.4 is 9.22 Å². The molecule has 3 nitrogen and oxygen atoms in total. The quantitative estimate of drug-likeness (QED) is 0.677. The summed E-state index contributed by atoms with van der Waals surface area (Å²) in [6.07, 6.45) is 2.12. The Morgan fingerprint density at radius 3 is 2.52 bits per heavy atom. The van der Waals surface area contributed by atoms with Gasteiger partial charge in [-0.15, -0.1) is 0 Å². The van der Waals surface area contributed by atoms with Crippen LogP contribution in [0.2, 0.25) is 0 Å². The normalized spacial score (nSPS) is 20.9. The van der Waals surface area contributed by atoms with Crippen molar-refractivity contribution in [3.8, 4) is 5.19 Å². The second-order valence-corrected chi connectivity index (χ2v) is 6.29. The summed E-state index contributed by atoms with van der Waals surface area (Å²) in [5.74, 6) is 0.945. The van der Waals surface area contributed by atoms with Crippen LogP contribution in [-0.2, 0) is 0 Å². The third-order valence-corrected chi connectivity index (χ3v) is 4.82. The number of aromatic nitrogens is 1. The van der Waals surface area contributed by atoms with Gasteiger partial charge in [-0.2, -0.15) is 0 Å². The zero-order chi connectivity index (χ0) is 14.3. The molecule has 0 bridgehead atoms. The largest absolute Gasteiger partial charge is 0.383 e. The monoisotopic (exact) mass is 295 g/mol. The molecular weight excluding hydrogens is 280 g/mol. The fourth-order valence-corrected chi connectivity index (χ4v) is 3.38. The van der Waals surface area contributed by atoms with Crippen molar-refractivity contribution in [2.45, 2.75) is 0 Å². The van der Waals surface area contributed by atoms with Crippen LogP contribution >= 0.6 is 11.3 Å². The van der Waals surface area contributed by atoms with E-state index < -0.39 is 0 Å². The summed E-state index contributed by atoms with van der Waals surface area (Å²) in [5, 5.41) is 0.711. The number of hydrogen-bond acceptors (Lipinski definition) is 3. The van der Waals surface area contributed by atoms with Gasteiger partial charge >= 0.3 is 5.88 Å². The molecule has 1 aliphatic heterocycles. The molecule has 104 valence electrons. The van der Waals surface area contributed by atoms with Gasteiger partial charge in [-0.1, -0.05) is 41.7 Å². The predicted molar refractivity (Wildman–Crippen MR) is 87.4 cm³/mol. The van der Waals surface area contributed by atoms with E-state index in [1.54, 1.807) is 11.3 Å². The number of hydrogen-bond donors (Lipinski definition) is 0. The first-order valence-corrected chi connectivity index (χ1v) is 7.73. The van der Waals surface area contributed by atoms with E-state index in [0.29, 0.717) is 9.68 Å². The van der Waals surface area contributed by atoms with Gasteiger partial charge in [-0.25, -0.2) is 9.47 Å². The molecule has 0 aliphatic carbocycles. The second-order valence-electron chi connectivity index (χ2n) is 5.30. The number of quaternary nitrogens is 1. The summed E-state index contributed by atoms with van der Waals surface area (Å²) < 4.78 is 7.89. The molecule has 0 radical (unpaired) electrons. The highest BCUT2D eigenvalue weighted by molar-refractivity contribution is 7.20. The smallest absolute Gasteiger partial charge is 0.305 e. The van der Waals surface area contributed by atoms with Crippen LogP contribution in [0, 0.1) is 0 Å². The van der Waals surface area contributed by atoms with E-state index in [1.807, 2.05) is 24.3 Å². The summed E-state index contributed by atoms with van der Waals surface area (Å²) in [7, 11) is 2.16. The topological polar surface area (TPSA) is 22.1 Å². The number of benzene rings is 2. The van der Waals surface area contributed by atoms with Crippen molar-refractivity contribution < 1.29 is 4.74 Å². The Labute approximate surface area is 127 Å². The van der Waals surface area contributed by atoms with Gasteiger partial charge in [-0.05, 0) is 24.3 Å². The van der Waals surface area contributed by atoms with Crippen LogP contribution in [0.5, 0.6) is 5.19 Å². The summed E-state index contributed by atoms with van der Waals surface area (Å²) in [4.78, 5) is 4.54. The van der Waals surface area contributed by atoms with E-state index in [4.69, 9.17) is 4.74 Å². The van der Waals surface area contributed by atoms with Gasteiger partial charge in [0.25, 0.3) is 5.19 Å². The number of likely N-dealkylation sites (N-methyl/N-ethyl adjacent to an activating group) is 1. The standard InChI is InChI=1S/C17H15N2OS/c1-19(13-7-3-2-4-8-13)12-11-16(19)20-17-18-14-9-5-6-10-15(14)21-17/h2-11H,12H2,1H3/q+1. The summed E-state index contributed by atoms with van der Waals surface area (Å²) in [6, 6.07) is 18.5. The molecule has 4 rings (SSSR count). The molecule has 2 heterocycles. The molecule has 0 saturated heterocycles. The summed E-state index contributed by atoms with van der Waals surface area (Å²) >= 11 is 1.59. The first kappa shape index (κ1) is 12.6. The van der Waals surface area contributed by atoms with E-state index >= 15 is 0 Å². The molecule has 1 atom stereocenters. The summed E-state index contributed by atoms with van der Waals surface area (Å²) in [6.45, 7) is 0.949. The minimum absolute atomic E-state index is 0.691. The third kappa shape index (κ3) is 2.04. The SMILES string of the molecule is C[N+]1(c2ccccc2)CC=C1Oc1nc2ccccc2s1. The van der Waals surface area contributed by atoms with Crippen molar-refractivity contribution in [1.29, 1.82) is 0 Å². The van der Waals surface area contributed by atoms with Crippen LogP contribution in [0.3, 0.4) is 0 Å². The maximum Gasteiger partial charge on any atom is 0.305 e. The fraction of sp³-hybridized carbons (Fsp3) is 0.118. The highest BCUT2D eigenvalue weighted by atomic mass is 32.1. The maximum absolute atomic E-state index is 6.05. The Balaban J connectivity index is 1.63. The Bertz CT molecular complexity index is 792. The van der Waals surface area contributed by atoms with Gasteiger partial charge in [0, 0.05) is 0 Å². The zero-order valence-corrected chi connectivity index (χ0v) is 12.5. The molecule has 0 N–H and O–H groups in total. The average molecular weight is 295 g/mol. The maximum atomic E-state index is 6.05. The van der Waals surface area contributed by atoms with Crippen molar-refractivity contribution in [2.75, 3.05) is 13.6 Å². The van der Waals surface area contributed by atoms with Gasteiger partial charge in [0.05, 0.1) is 23.3 Å². The minimum Gasteiger partial charge on any atom is -0.383 e. The second kappa shape index (κ2) is 4.69. The van der Waals surface area contributed by atoms with Crippen LogP contribution in [0.4, 0.5) is 5.69 Å². The van der Waals surface area contributed by atoms with Crippen LogP contribution in [0.15, 0.2) is 66.6 Å². The molecule has 0 amide bonds. The van der Waals surface area contributed by atoms with Gasteiger partial charge in [0.1, 0.15) is 12.2 Å². The van der Waals surface area contributed by atoms with E-state index in [2.05, 4.69) is 48.4 Å². The number of rotatable bonds is 3. The number of nitrogens with zero attached hydrogens (tertiary/aromatic N) is 2. The van der Waals surface area contributed by atoms with Crippen molar-refractivity contribution in [1.82, 2.24) is 9.47 Å². The predicted octanol–water partition coefficient (Wildman–Crippen LogP) is 4.17. The number of fused-ring (bicyclic) bond motifs is 1. The number of para-hydroxylation sites is 2. The van der Waals surface area contributed by atoms with Gasteiger partial charge in [0.2, 0.25) is 0 Å². The van der Waals surface area contributed by atoms with Crippen molar-refractivity contribution >= 4 is 27.2 Å². The van der Waals surface area contributed by atoms with E-state index in [0.717, 1.165) is 22.6 Å². The molecule has 1 unspecified atom stereocenters. The highest BCUT2D eigenvalue weighted by Crippen LogP contribution is 2.36. The van der Waals surface area contributed by atoms with E-state index in [1.165, 1.54) is 5.69 Å². The van der Waals surface area contributed by atoms with Gasteiger partial charge in [-0.3, -0.25) is 0 Å². The van der Waals surface area contributed by atoms with E-state index in [9.17, 15) is 0 Å². The molecule has 4 heteroatoms. The highest BCUT2D eigenvalue weighted by Gasteiger charge is 2.40. The Morgan fingerprint density at radius 2 is 1.81 bits per heavy atom. The lowest BCUT2D eigenvalue weighted by Crippen LogP contribution is -2.52. The van der Waals surface area contributed by atoms with Crippen molar-refractivity contribution in [3.63, 3.8) is 0 Å². The van der Waals surface area contributed by atoms with Crippen LogP contribution in [-0.4, -0.2) is 18.6 Å². The average Bonchev–Trinajstić information content (AvgIpc) is 2.94. The molecular formula is C17H15N2OS+. The lowest BCUT2D eigenvalue weighted by molar-refractivity contribution is 0.224. The Hall–Kier alpha value is -2.17. The Kier molecular flexibility index (Phi) is 2.80. The van der Waals surface area contributed by atoms with Crippen molar-refractivity contribution in [3.05, 3.63) is 66.6 Å². The third-order valence-electron chi connectivity index (χ3n) is 3.91. The first-order chi connectivity index (χ1) is 10.3. The molecule has 21 heavy (non-hydrogen) atoms. The van der Waals surface area contributed by atoms with Gasteiger partial charge < -0.3 is 4.74 Å². The molecule has 0 saturated carbocycles. The minimum atomic E-state index is 0.691. The zero-order valence-electron chi connectivity index (χ0n) is 11.7. The van der Waals surface area contributed by atoms with Crippen LogP contribution in [0.1, 0.15) is 0 Å². The summed E-state index contributed by atoms with van der Waals surface area (Å²) in [5.41, 5.74) is 2.22. The molecule has 1 aliphatic rings. The fourth-order valence-electron chi connectivity index (χ4n) is 2.56. The van der Waals surface area contributed by atoms with Gasteiger partial charge in [0.15, 0.2) is 0 Å². The van der Waals surface area contributed by atoms with Crippen molar-refractivity contribution in [2.24, 2.45) is 0 Å². The number of ether oxygens (including phenoxy) is 1. The first-order valence-electron chi connectivity index (χ1n) is 6.91. The molecule has 0 spiro atoms. The molecule has 1 aromatic heterocycles. The molecule has 0 fully saturated rings. The molecule has 2 aromatic carbocycles. The molecule has 3 aromatic rings. The number of thiazole rings is 1. The van der Waals surface area contributed by atoms with Crippen LogP contribution in [0.25, 0.3) is 10.2 Å². The van der Waals surface area contributed by atoms with E-state index in [-0.39, 0.29) is 0 Å². The Morgan fingerprint density at radius 1 is 1.05 bits per heavy atom.